The molecule has 0 radical (unpaired) electrons. The lowest BCUT2D eigenvalue weighted by Crippen LogP contribution is -2.12. The summed E-state index contributed by atoms with van der Waals surface area (Å²) in [6.45, 7) is 6.38. The second-order valence-electron chi connectivity index (χ2n) is 8.54. The van der Waals surface area contributed by atoms with Crippen LogP contribution in [0.5, 0.6) is 0 Å². The van der Waals surface area contributed by atoms with Crippen LogP contribution in [0, 0.1) is 5.82 Å². The molecule has 1 N–H and O–H groups in total. The van der Waals surface area contributed by atoms with Crippen molar-refractivity contribution in [2.75, 3.05) is 0 Å². The van der Waals surface area contributed by atoms with Gasteiger partial charge in [-0.3, -0.25) is 4.98 Å². The summed E-state index contributed by atoms with van der Waals surface area (Å²) in [7, 11) is 0. The van der Waals surface area contributed by atoms with Crippen molar-refractivity contribution < 1.29 is 9.50 Å². The highest BCUT2D eigenvalue weighted by Gasteiger charge is 2.22. The first-order chi connectivity index (χ1) is 15.0. The third kappa shape index (κ3) is 5.80. The van der Waals surface area contributed by atoms with E-state index in [4.69, 9.17) is 4.98 Å². The molecule has 0 amide bonds. The molecule has 31 heavy (non-hydrogen) atoms. The first kappa shape index (κ1) is 23.1. The fourth-order valence-electron chi connectivity index (χ4n) is 4.27. The Hall–Kier alpha value is -2.52. The maximum absolute atomic E-state index is 13.7. The summed E-state index contributed by atoms with van der Waals surface area (Å²) in [5.74, 6) is -0.0502. The first-order valence-electron chi connectivity index (χ1n) is 11.5. The lowest BCUT2D eigenvalue weighted by atomic mass is 9.86. The number of aromatic nitrogens is 1. The quantitative estimate of drug-likeness (QED) is 0.358. The molecule has 0 spiro atoms. The highest BCUT2D eigenvalue weighted by Crippen LogP contribution is 2.36. The molecule has 0 unspecified atom stereocenters. The molecule has 3 rings (SSSR count). The number of pyridine rings is 1. The normalized spacial score (nSPS) is 11.3. The Morgan fingerprint density at radius 1 is 0.871 bits per heavy atom. The smallest absolute Gasteiger partial charge is 0.123 e. The molecule has 2 nitrogen and oxygen atoms in total. The largest absolute Gasteiger partial charge is 0.392 e. The lowest BCUT2D eigenvalue weighted by molar-refractivity contribution is 0.279. The first-order valence-corrected chi connectivity index (χ1v) is 11.5. The molecular formula is C28H34FNO. The van der Waals surface area contributed by atoms with Crippen molar-refractivity contribution in [3.05, 3.63) is 88.5 Å². The number of halogens is 1. The van der Waals surface area contributed by atoms with Crippen LogP contribution in [0.3, 0.4) is 0 Å². The van der Waals surface area contributed by atoms with Gasteiger partial charge in [-0.15, -0.1) is 0 Å². The fraction of sp³-hybridized carbons (Fsp3) is 0.393. The van der Waals surface area contributed by atoms with E-state index in [1.54, 1.807) is 0 Å². The van der Waals surface area contributed by atoms with Crippen LogP contribution in [0.4, 0.5) is 4.39 Å². The molecule has 0 aliphatic rings. The van der Waals surface area contributed by atoms with E-state index in [-0.39, 0.29) is 18.3 Å². The minimum Gasteiger partial charge on any atom is -0.392 e. The lowest BCUT2D eigenvalue weighted by Gasteiger charge is -2.23. The molecule has 0 saturated heterocycles. The molecule has 164 valence electrons. The summed E-state index contributed by atoms with van der Waals surface area (Å²) in [4.78, 5) is 5.11. The predicted octanol–water partition coefficient (Wildman–Crippen LogP) is 7.02. The van der Waals surface area contributed by atoms with Crippen LogP contribution in [0.15, 0.2) is 54.6 Å². The van der Waals surface area contributed by atoms with Crippen molar-refractivity contribution in [1.82, 2.24) is 4.98 Å². The molecule has 0 bridgehead atoms. The van der Waals surface area contributed by atoms with E-state index in [2.05, 4.69) is 45.0 Å². The van der Waals surface area contributed by atoms with Crippen LogP contribution < -0.4 is 0 Å². The van der Waals surface area contributed by atoms with Crippen LogP contribution in [0.2, 0.25) is 0 Å². The molecule has 0 fully saturated rings. The minimum absolute atomic E-state index is 0.0625. The molecule has 0 atom stereocenters. The Morgan fingerprint density at radius 3 is 2.19 bits per heavy atom. The average molecular weight is 420 g/mol. The number of rotatable bonds is 10. The van der Waals surface area contributed by atoms with Gasteiger partial charge in [-0.1, -0.05) is 76.1 Å². The van der Waals surface area contributed by atoms with Crippen LogP contribution in [0.1, 0.15) is 74.0 Å². The van der Waals surface area contributed by atoms with E-state index in [0.29, 0.717) is 0 Å². The standard InChI is InChI=1S/C28H34FNO/c1-4-5-7-12-24-26(18-13-21-10-8-6-9-11-21)30-28(20(2)3)25(19-31)27(24)22-14-16-23(29)17-15-22/h6,8-11,14-17,20,31H,4-5,7,12-13,18-19H2,1-3H3. The van der Waals surface area contributed by atoms with E-state index in [9.17, 15) is 9.50 Å². The van der Waals surface area contributed by atoms with Gasteiger partial charge in [-0.25, -0.2) is 4.39 Å². The summed E-state index contributed by atoms with van der Waals surface area (Å²) in [6.07, 6.45) is 6.08. The van der Waals surface area contributed by atoms with Crippen LogP contribution in [0.25, 0.3) is 11.1 Å². The summed E-state index contributed by atoms with van der Waals surface area (Å²) >= 11 is 0. The number of nitrogens with zero attached hydrogens (tertiary/aromatic N) is 1. The van der Waals surface area contributed by atoms with Gasteiger partial charge >= 0.3 is 0 Å². The summed E-state index contributed by atoms with van der Waals surface area (Å²) in [6, 6.07) is 17.2. The van der Waals surface area contributed by atoms with E-state index in [1.807, 2.05) is 18.2 Å². The van der Waals surface area contributed by atoms with E-state index in [0.717, 1.165) is 66.6 Å². The van der Waals surface area contributed by atoms with Gasteiger partial charge in [0.05, 0.1) is 6.61 Å². The van der Waals surface area contributed by atoms with Crippen molar-refractivity contribution >= 4 is 0 Å². The molecule has 0 aliphatic heterocycles. The van der Waals surface area contributed by atoms with Gasteiger partial charge in [0.25, 0.3) is 0 Å². The Labute approximate surface area is 186 Å². The molecular weight excluding hydrogens is 385 g/mol. The zero-order valence-electron chi connectivity index (χ0n) is 19.0. The monoisotopic (exact) mass is 419 g/mol. The zero-order chi connectivity index (χ0) is 22.2. The van der Waals surface area contributed by atoms with Gasteiger partial charge in [0.15, 0.2) is 0 Å². The molecule has 1 heterocycles. The summed E-state index contributed by atoms with van der Waals surface area (Å²) < 4.78 is 13.7. The fourth-order valence-corrected chi connectivity index (χ4v) is 4.27. The maximum atomic E-state index is 13.7. The zero-order valence-corrected chi connectivity index (χ0v) is 19.0. The second kappa shape index (κ2) is 11.2. The van der Waals surface area contributed by atoms with Crippen molar-refractivity contribution in [1.29, 1.82) is 0 Å². The number of unbranched alkanes of at least 4 members (excludes halogenated alkanes) is 2. The number of hydrogen-bond acceptors (Lipinski definition) is 2. The third-order valence-corrected chi connectivity index (χ3v) is 5.88. The Balaban J connectivity index is 2.15. The van der Waals surface area contributed by atoms with Crippen molar-refractivity contribution in [2.45, 2.75) is 71.8 Å². The number of aryl methyl sites for hydroxylation is 2. The molecule has 1 aromatic heterocycles. The predicted molar refractivity (Wildman–Crippen MR) is 127 cm³/mol. The molecule has 2 aromatic carbocycles. The SMILES string of the molecule is CCCCCc1c(CCc2ccccc2)nc(C(C)C)c(CO)c1-c1ccc(F)cc1. The molecule has 0 saturated carbocycles. The highest BCUT2D eigenvalue weighted by molar-refractivity contribution is 5.73. The second-order valence-corrected chi connectivity index (χ2v) is 8.54. The number of benzene rings is 2. The van der Waals surface area contributed by atoms with E-state index >= 15 is 0 Å². The minimum atomic E-state index is -0.246. The average Bonchev–Trinajstić information content (AvgIpc) is 2.78. The number of aliphatic hydroxyl groups excluding tert-OH is 1. The van der Waals surface area contributed by atoms with Crippen molar-refractivity contribution in [3.63, 3.8) is 0 Å². The Morgan fingerprint density at radius 2 is 1.58 bits per heavy atom. The topological polar surface area (TPSA) is 33.1 Å². The van der Waals surface area contributed by atoms with E-state index in [1.165, 1.54) is 23.3 Å². The molecule has 0 aliphatic carbocycles. The van der Waals surface area contributed by atoms with Crippen LogP contribution >= 0.6 is 0 Å². The molecule has 3 aromatic rings. The van der Waals surface area contributed by atoms with Gasteiger partial charge in [0, 0.05) is 17.0 Å². The summed E-state index contributed by atoms with van der Waals surface area (Å²) in [5.41, 5.74) is 7.47. The number of aliphatic hydroxyl groups is 1. The third-order valence-electron chi connectivity index (χ3n) is 5.88. The van der Waals surface area contributed by atoms with E-state index < -0.39 is 0 Å². The van der Waals surface area contributed by atoms with Crippen LogP contribution in [-0.2, 0) is 25.9 Å². The van der Waals surface area contributed by atoms with Gasteiger partial charge in [0.2, 0.25) is 0 Å². The maximum Gasteiger partial charge on any atom is 0.123 e. The number of hydrogen-bond donors (Lipinski definition) is 1. The van der Waals surface area contributed by atoms with Gasteiger partial charge < -0.3 is 5.11 Å². The molecule has 3 heteroatoms. The Kier molecular flexibility index (Phi) is 8.36. The van der Waals surface area contributed by atoms with Crippen molar-refractivity contribution in [2.24, 2.45) is 0 Å². The summed E-state index contributed by atoms with van der Waals surface area (Å²) in [5, 5.41) is 10.3. The highest BCUT2D eigenvalue weighted by atomic mass is 19.1. The van der Waals surface area contributed by atoms with Gasteiger partial charge in [-0.05, 0) is 66.0 Å². The van der Waals surface area contributed by atoms with Gasteiger partial charge in [-0.2, -0.15) is 0 Å². The van der Waals surface area contributed by atoms with Crippen molar-refractivity contribution in [3.8, 4) is 11.1 Å². The Bertz CT molecular complexity index is 965. The van der Waals surface area contributed by atoms with Crippen LogP contribution in [-0.4, -0.2) is 10.1 Å². The van der Waals surface area contributed by atoms with Gasteiger partial charge in [0.1, 0.15) is 5.82 Å².